The number of aryl methyl sites for hydroxylation is 1. The molecule has 0 aliphatic heterocycles. The van der Waals surface area contributed by atoms with Gasteiger partial charge in [0.05, 0.1) is 38.2 Å². The van der Waals surface area contributed by atoms with Gasteiger partial charge in [-0.05, 0) is 37.6 Å². The SMILES string of the molecule is CCOC(=O)c1cn(CC)c2ccc(C=COCCOCCO)cc2c1=O. The highest BCUT2D eigenvalue weighted by Crippen LogP contribution is 2.16. The van der Waals surface area contributed by atoms with Crippen molar-refractivity contribution in [2.24, 2.45) is 0 Å². The van der Waals surface area contributed by atoms with Crippen molar-refractivity contribution in [1.82, 2.24) is 4.57 Å². The Labute approximate surface area is 157 Å². The molecule has 7 nitrogen and oxygen atoms in total. The second-order valence-corrected chi connectivity index (χ2v) is 5.66. The number of nitrogens with zero attached hydrogens (tertiary/aromatic N) is 1. The van der Waals surface area contributed by atoms with E-state index in [2.05, 4.69) is 0 Å². The third-order valence-corrected chi connectivity index (χ3v) is 3.88. The molecule has 1 aromatic carbocycles. The summed E-state index contributed by atoms with van der Waals surface area (Å²) in [6.45, 7) is 5.49. The van der Waals surface area contributed by atoms with E-state index in [0.29, 0.717) is 25.1 Å². The molecule has 1 N–H and O–H groups in total. The molecule has 0 radical (unpaired) electrons. The van der Waals surface area contributed by atoms with Gasteiger partial charge >= 0.3 is 5.97 Å². The van der Waals surface area contributed by atoms with Crippen LogP contribution in [0.1, 0.15) is 29.8 Å². The summed E-state index contributed by atoms with van der Waals surface area (Å²) in [6, 6.07) is 5.45. The molecular weight excluding hydrogens is 350 g/mol. The predicted octanol–water partition coefficient (Wildman–Crippen LogP) is 2.19. The summed E-state index contributed by atoms with van der Waals surface area (Å²) in [6.07, 6.45) is 4.81. The first-order chi connectivity index (χ1) is 13.1. The van der Waals surface area contributed by atoms with Gasteiger partial charge in [-0.3, -0.25) is 4.79 Å². The normalized spacial score (nSPS) is 11.2. The Hall–Kier alpha value is -2.64. The number of hydrogen-bond acceptors (Lipinski definition) is 6. The second-order valence-electron chi connectivity index (χ2n) is 5.66. The van der Waals surface area contributed by atoms with Gasteiger partial charge in [0.2, 0.25) is 5.43 Å². The van der Waals surface area contributed by atoms with Crippen LogP contribution >= 0.6 is 0 Å². The number of rotatable bonds is 10. The van der Waals surface area contributed by atoms with E-state index in [0.717, 1.165) is 11.1 Å². The van der Waals surface area contributed by atoms with Gasteiger partial charge in [0.15, 0.2) is 0 Å². The van der Waals surface area contributed by atoms with Crippen LogP contribution in [0, 0.1) is 0 Å². The van der Waals surface area contributed by atoms with Gasteiger partial charge in [0.1, 0.15) is 12.2 Å². The van der Waals surface area contributed by atoms with Gasteiger partial charge in [0.25, 0.3) is 0 Å². The molecule has 2 rings (SSSR count). The molecule has 0 atom stereocenters. The third-order valence-electron chi connectivity index (χ3n) is 3.88. The number of ether oxygens (including phenoxy) is 3. The summed E-state index contributed by atoms with van der Waals surface area (Å²) in [4.78, 5) is 24.8. The van der Waals surface area contributed by atoms with Crippen molar-refractivity contribution in [3.05, 3.63) is 52.0 Å². The maximum atomic E-state index is 12.7. The molecule has 1 heterocycles. The number of pyridine rings is 1. The predicted molar refractivity (Wildman–Crippen MR) is 103 cm³/mol. The van der Waals surface area contributed by atoms with E-state index in [4.69, 9.17) is 19.3 Å². The minimum Gasteiger partial charge on any atom is -0.499 e. The van der Waals surface area contributed by atoms with Crippen LogP contribution in [-0.4, -0.2) is 48.7 Å². The standard InChI is InChI=1S/C20H25NO6/c1-3-21-14-17(20(24)27-4-2)19(23)16-13-15(5-6-18(16)21)7-9-25-11-12-26-10-8-22/h5-7,9,13-14,22H,3-4,8,10-12H2,1-2H3. The zero-order valence-corrected chi connectivity index (χ0v) is 15.6. The van der Waals surface area contributed by atoms with Gasteiger partial charge in [-0.2, -0.15) is 0 Å². The molecule has 2 aromatic rings. The summed E-state index contributed by atoms with van der Waals surface area (Å²) in [5.74, 6) is -0.612. The molecule has 7 heteroatoms. The molecule has 0 aliphatic rings. The van der Waals surface area contributed by atoms with E-state index in [1.54, 1.807) is 25.3 Å². The van der Waals surface area contributed by atoms with E-state index in [9.17, 15) is 9.59 Å². The molecule has 146 valence electrons. The highest BCUT2D eigenvalue weighted by molar-refractivity contribution is 5.94. The molecule has 0 unspecified atom stereocenters. The zero-order chi connectivity index (χ0) is 19.6. The number of fused-ring (bicyclic) bond motifs is 1. The van der Waals surface area contributed by atoms with Crippen molar-refractivity contribution in [2.45, 2.75) is 20.4 Å². The van der Waals surface area contributed by atoms with Crippen molar-refractivity contribution >= 4 is 22.9 Å². The van der Waals surface area contributed by atoms with Crippen LogP contribution in [0.25, 0.3) is 17.0 Å². The highest BCUT2D eigenvalue weighted by atomic mass is 16.5. The average Bonchev–Trinajstić information content (AvgIpc) is 2.68. The Bertz CT molecular complexity index is 855. The number of aromatic nitrogens is 1. The summed E-state index contributed by atoms with van der Waals surface area (Å²) in [5, 5.41) is 9.07. The third kappa shape index (κ3) is 5.42. The fourth-order valence-corrected chi connectivity index (χ4v) is 2.60. The fraction of sp³-hybridized carbons (Fsp3) is 0.400. The second kappa shape index (κ2) is 10.5. The van der Waals surface area contributed by atoms with Crippen LogP contribution in [0.4, 0.5) is 0 Å². The van der Waals surface area contributed by atoms with E-state index in [1.807, 2.05) is 23.6 Å². The van der Waals surface area contributed by atoms with Gasteiger partial charge < -0.3 is 23.9 Å². The monoisotopic (exact) mass is 375 g/mol. The molecule has 0 fully saturated rings. The first-order valence-corrected chi connectivity index (χ1v) is 8.93. The highest BCUT2D eigenvalue weighted by Gasteiger charge is 2.16. The van der Waals surface area contributed by atoms with Gasteiger partial charge in [0, 0.05) is 18.1 Å². The Kier molecular flexibility index (Phi) is 8.03. The molecule has 0 aliphatic carbocycles. The summed E-state index contributed by atoms with van der Waals surface area (Å²) >= 11 is 0. The lowest BCUT2D eigenvalue weighted by Crippen LogP contribution is -2.20. The van der Waals surface area contributed by atoms with E-state index < -0.39 is 5.97 Å². The molecule has 1 aromatic heterocycles. The molecular formula is C20H25NO6. The first-order valence-electron chi connectivity index (χ1n) is 8.93. The molecule has 27 heavy (non-hydrogen) atoms. The Morgan fingerprint density at radius 3 is 2.74 bits per heavy atom. The van der Waals surface area contributed by atoms with Crippen LogP contribution in [0.2, 0.25) is 0 Å². The lowest BCUT2D eigenvalue weighted by atomic mass is 10.1. The minimum atomic E-state index is -0.612. The average molecular weight is 375 g/mol. The molecule has 0 bridgehead atoms. The van der Waals surface area contributed by atoms with Gasteiger partial charge in [-0.15, -0.1) is 0 Å². The largest absolute Gasteiger partial charge is 0.499 e. The molecule has 0 spiro atoms. The number of aliphatic hydroxyl groups excluding tert-OH is 1. The smallest absolute Gasteiger partial charge is 0.343 e. The minimum absolute atomic E-state index is 0.0179. The number of benzene rings is 1. The first kappa shape index (κ1) is 20.7. The summed E-state index contributed by atoms with van der Waals surface area (Å²) < 4.78 is 17.3. The molecule has 0 saturated carbocycles. The number of carbonyl (C=O) groups is 1. The number of aliphatic hydroxyl groups is 1. The van der Waals surface area contributed by atoms with Crippen molar-refractivity contribution in [1.29, 1.82) is 0 Å². The fourth-order valence-electron chi connectivity index (χ4n) is 2.60. The molecule has 0 amide bonds. The van der Waals surface area contributed by atoms with Gasteiger partial charge in [-0.25, -0.2) is 4.79 Å². The van der Waals surface area contributed by atoms with Crippen LogP contribution in [0.15, 0.2) is 35.5 Å². The lowest BCUT2D eigenvalue weighted by Gasteiger charge is -2.11. The topological polar surface area (TPSA) is 87.0 Å². The number of carbonyl (C=O) groups excluding carboxylic acids is 1. The maximum Gasteiger partial charge on any atom is 0.343 e. The quantitative estimate of drug-likeness (QED) is 0.389. The van der Waals surface area contributed by atoms with Crippen LogP contribution < -0.4 is 5.43 Å². The van der Waals surface area contributed by atoms with Crippen LogP contribution in [0.3, 0.4) is 0 Å². The molecule has 0 saturated heterocycles. The summed E-state index contributed by atoms with van der Waals surface area (Å²) in [7, 11) is 0. The summed E-state index contributed by atoms with van der Waals surface area (Å²) in [5.41, 5.74) is 1.22. The Morgan fingerprint density at radius 1 is 1.22 bits per heavy atom. The van der Waals surface area contributed by atoms with Crippen molar-refractivity contribution in [2.75, 3.05) is 33.0 Å². The van der Waals surface area contributed by atoms with Crippen molar-refractivity contribution < 1.29 is 24.1 Å². The number of esters is 1. The van der Waals surface area contributed by atoms with Crippen molar-refractivity contribution in [3.63, 3.8) is 0 Å². The van der Waals surface area contributed by atoms with Crippen LogP contribution in [0.5, 0.6) is 0 Å². The van der Waals surface area contributed by atoms with Crippen molar-refractivity contribution in [3.8, 4) is 0 Å². The zero-order valence-electron chi connectivity index (χ0n) is 15.6. The van der Waals surface area contributed by atoms with E-state index in [1.165, 1.54) is 6.26 Å². The Balaban J connectivity index is 2.25. The van der Waals surface area contributed by atoms with Gasteiger partial charge in [-0.1, -0.05) is 6.07 Å². The van der Waals surface area contributed by atoms with E-state index in [-0.39, 0.29) is 30.8 Å². The number of hydrogen-bond donors (Lipinski definition) is 1. The maximum absolute atomic E-state index is 12.7. The van der Waals surface area contributed by atoms with Crippen LogP contribution in [-0.2, 0) is 20.8 Å². The lowest BCUT2D eigenvalue weighted by molar-refractivity contribution is 0.0524. The van der Waals surface area contributed by atoms with E-state index >= 15 is 0 Å². The Morgan fingerprint density at radius 2 is 2.04 bits per heavy atom.